The second kappa shape index (κ2) is 7.14. The Bertz CT molecular complexity index is 1040. The molecule has 0 atom stereocenters. The Labute approximate surface area is 167 Å². The molecule has 9 heteroatoms. The number of H-pyrrole nitrogens is 1. The number of phenolic OH excluding ortho intramolecular Hbond substituents is 1. The van der Waals surface area contributed by atoms with Gasteiger partial charge in [0.25, 0.3) is 0 Å². The van der Waals surface area contributed by atoms with Gasteiger partial charge >= 0.3 is 12.4 Å². The number of halogens is 6. The Hall–Kier alpha value is -2.84. The standard InChI is InChI=1S/C21H17F6NO2/c22-20(23,24)16-7-13(29)8-17(21(25,26)27)19(16)30-14-4-5-18-15(9-14)12(10-28-18)6-11-2-1-3-11/h4-5,7-11,28-29H,1-3,6H2. The molecule has 160 valence electrons. The molecule has 3 aromatic rings. The van der Waals surface area contributed by atoms with E-state index >= 15 is 0 Å². The highest BCUT2D eigenvalue weighted by molar-refractivity contribution is 5.84. The number of alkyl halides is 6. The maximum absolute atomic E-state index is 13.4. The molecule has 0 radical (unpaired) electrons. The first-order valence-corrected chi connectivity index (χ1v) is 9.31. The first kappa shape index (κ1) is 20.4. The van der Waals surface area contributed by atoms with Gasteiger partial charge in [0.15, 0.2) is 5.75 Å². The Morgan fingerprint density at radius 3 is 2.13 bits per heavy atom. The SMILES string of the molecule is Oc1cc(C(F)(F)F)c(Oc2ccc3[nH]cc(CC4CCC4)c3c2)c(C(F)(F)F)c1. The number of hydrogen-bond donors (Lipinski definition) is 2. The summed E-state index contributed by atoms with van der Waals surface area (Å²) >= 11 is 0. The second-order valence-corrected chi connectivity index (χ2v) is 7.49. The van der Waals surface area contributed by atoms with Crippen LogP contribution in [0.1, 0.15) is 36.0 Å². The van der Waals surface area contributed by atoms with Crippen molar-refractivity contribution in [2.45, 2.75) is 38.0 Å². The zero-order valence-corrected chi connectivity index (χ0v) is 15.5. The van der Waals surface area contributed by atoms with Crippen molar-refractivity contribution in [1.29, 1.82) is 0 Å². The van der Waals surface area contributed by atoms with Gasteiger partial charge in [-0.2, -0.15) is 26.3 Å². The van der Waals surface area contributed by atoms with E-state index in [1.807, 2.05) is 0 Å². The lowest BCUT2D eigenvalue weighted by atomic mass is 9.81. The fourth-order valence-electron chi connectivity index (χ4n) is 3.66. The van der Waals surface area contributed by atoms with Crippen molar-refractivity contribution in [2.75, 3.05) is 0 Å². The molecule has 30 heavy (non-hydrogen) atoms. The third-order valence-corrected chi connectivity index (χ3v) is 5.38. The number of benzene rings is 2. The van der Waals surface area contributed by atoms with Crippen LogP contribution < -0.4 is 4.74 Å². The van der Waals surface area contributed by atoms with Gasteiger partial charge in [0.2, 0.25) is 0 Å². The smallest absolute Gasteiger partial charge is 0.420 e. The summed E-state index contributed by atoms with van der Waals surface area (Å²) in [4.78, 5) is 3.06. The lowest BCUT2D eigenvalue weighted by Gasteiger charge is -2.24. The van der Waals surface area contributed by atoms with E-state index in [2.05, 4.69) is 4.98 Å². The molecule has 4 rings (SSSR count). The average molecular weight is 429 g/mol. The number of hydrogen-bond acceptors (Lipinski definition) is 2. The molecule has 1 heterocycles. The summed E-state index contributed by atoms with van der Waals surface area (Å²) in [6, 6.07) is 4.74. The molecule has 0 unspecified atom stereocenters. The summed E-state index contributed by atoms with van der Waals surface area (Å²) in [5.74, 6) is -2.16. The summed E-state index contributed by atoms with van der Waals surface area (Å²) in [5.41, 5.74) is -1.73. The average Bonchev–Trinajstić information content (AvgIpc) is 2.99. The van der Waals surface area contributed by atoms with E-state index in [1.165, 1.54) is 12.1 Å². The second-order valence-electron chi connectivity index (χ2n) is 7.49. The monoisotopic (exact) mass is 429 g/mol. The molecule has 3 nitrogen and oxygen atoms in total. The topological polar surface area (TPSA) is 45.2 Å². The number of fused-ring (bicyclic) bond motifs is 1. The molecule has 0 spiro atoms. The van der Waals surface area contributed by atoms with Crippen molar-refractivity contribution >= 4 is 10.9 Å². The summed E-state index contributed by atoms with van der Waals surface area (Å²) in [6.07, 6.45) is -4.37. The normalized spacial score (nSPS) is 15.4. The maximum Gasteiger partial charge on any atom is 0.420 e. The molecule has 2 N–H and O–H groups in total. The minimum atomic E-state index is -5.15. The Balaban J connectivity index is 1.78. The van der Waals surface area contributed by atoms with Crippen LogP contribution in [0.2, 0.25) is 0 Å². The molecular weight excluding hydrogens is 412 g/mol. The fraction of sp³-hybridized carbons (Fsp3) is 0.333. The van der Waals surface area contributed by atoms with Crippen molar-refractivity contribution < 1.29 is 36.2 Å². The number of aromatic nitrogens is 1. The van der Waals surface area contributed by atoms with Crippen molar-refractivity contribution in [3.63, 3.8) is 0 Å². The number of aromatic hydroxyl groups is 1. The zero-order chi connectivity index (χ0) is 21.7. The predicted molar refractivity (Wildman–Crippen MR) is 97.5 cm³/mol. The fourth-order valence-corrected chi connectivity index (χ4v) is 3.66. The van der Waals surface area contributed by atoms with Gasteiger partial charge in [0, 0.05) is 17.1 Å². The first-order valence-electron chi connectivity index (χ1n) is 9.31. The van der Waals surface area contributed by atoms with Crippen LogP contribution in [0.15, 0.2) is 36.5 Å². The summed E-state index contributed by atoms with van der Waals surface area (Å²) in [6.45, 7) is 0. The van der Waals surface area contributed by atoms with Crippen LogP contribution in [0.5, 0.6) is 17.2 Å². The molecule has 0 amide bonds. The van der Waals surface area contributed by atoms with Crippen molar-refractivity contribution in [3.8, 4) is 17.2 Å². The van der Waals surface area contributed by atoms with Crippen molar-refractivity contribution in [3.05, 3.63) is 53.2 Å². The minimum absolute atomic E-state index is 0.154. The molecule has 2 aromatic carbocycles. The number of nitrogens with one attached hydrogen (secondary N) is 1. The van der Waals surface area contributed by atoms with E-state index in [-0.39, 0.29) is 17.9 Å². The van der Waals surface area contributed by atoms with Gasteiger partial charge in [-0.05, 0) is 48.2 Å². The lowest BCUT2D eigenvalue weighted by molar-refractivity contribution is -0.145. The largest absolute Gasteiger partial charge is 0.508 e. The van der Waals surface area contributed by atoms with E-state index in [0.717, 1.165) is 36.8 Å². The van der Waals surface area contributed by atoms with Gasteiger partial charge in [-0.3, -0.25) is 0 Å². The molecule has 1 aliphatic rings. The van der Waals surface area contributed by atoms with Crippen molar-refractivity contribution in [1.82, 2.24) is 4.98 Å². The van der Waals surface area contributed by atoms with Crippen LogP contribution in [0, 0.1) is 5.92 Å². The Kier molecular flexibility index (Phi) is 4.86. The molecule has 1 fully saturated rings. The third kappa shape index (κ3) is 3.93. The summed E-state index contributed by atoms with van der Waals surface area (Å²) in [7, 11) is 0. The van der Waals surface area contributed by atoms with Gasteiger partial charge < -0.3 is 14.8 Å². The highest BCUT2D eigenvalue weighted by Gasteiger charge is 2.43. The van der Waals surface area contributed by atoms with Crippen molar-refractivity contribution in [2.24, 2.45) is 5.92 Å². The Morgan fingerprint density at radius 1 is 0.967 bits per heavy atom. The lowest BCUT2D eigenvalue weighted by Crippen LogP contribution is -2.14. The molecule has 0 aliphatic heterocycles. The number of aromatic amines is 1. The number of phenols is 1. The van der Waals surface area contributed by atoms with Crippen LogP contribution in [0.25, 0.3) is 10.9 Å². The van der Waals surface area contributed by atoms with E-state index in [9.17, 15) is 31.4 Å². The highest BCUT2D eigenvalue weighted by Crippen LogP contribution is 2.48. The maximum atomic E-state index is 13.4. The quantitative estimate of drug-likeness (QED) is 0.437. The molecule has 1 saturated carbocycles. The molecular formula is C21H17F6NO2. The third-order valence-electron chi connectivity index (χ3n) is 5.38. The van der Waals surface area contributed by atoms with Crippen LogP contribution in [-0.4, -0.2) is 10.1 Å². The van der Waals surface area contributed by atoms with Crippen LogP contribution in [-0.2, 0) is 18.8 Å². The number of rotatable bonds is 4. The van der Waals surface area contributed by atoms with E-state index in [4.69, 9.17) is 4.74 Å². The van der Waals surface area contributed by atoms with Gasteiger partial charge in [-0.25, -0.2) is 0 Å². The van der Waals surface area contributed by atoms with Crippen LogP contribution >= 0.6 is 0 Å². The number of ether oxygens (including phenoxy) is 1. The zero-order valence-electron chi connectivity index (χ0n) is 15.5. The van der Waals surface area contributed by atoms with Crippen LogP contribution in [0.4, 0.5) is 26.3 Å². The molecule has 0 bridgehead atoms. The van der Waals surface area contributed by atoms with E-state index < -0.39 is 35.0 Å². The molecule has 0 saturated heterocycles. The molecule has 1 aromatic heterocycles. The minimum Gasteiger partial charge on any atom is -0.508 e. The van der Waals surface area contributed by atoms with Crippen LogP contribution in [0.3, 0.4) is 0 Å². The highest BCUT2D eigenvalue weighted by atomic mass is 19.4. The van der Waals surface area contributed by atoms with E-state index in [1.54, 1.807) is 12.3 Å². The van der Waals surface area contributed by atoms with E-state index in [0.29, 0.717) is 11.3 Å². The summed E-state index contributed by atoms with van der Waals surface area (Å²) in [5, 5.41) is 10.1. The first-order chi connectivity index (χ1) is 14.0. The van der Waals surface area contributed by atoms with Gasteiger partial charge in [-0.15, -0.1) is 0 Å². The predicted octanol–water partition coefficient (Wildman–Crippen LogP) is 7.05. The van der Waals surface area contributed by atoms with Gasteiger partial charge in [0.05, 0.1) is 0 Å². The van der Waals surface area contributed by atoms with Gasteiger partial charge in [-0.1, -0.05) is 19.3 Å². The van der Waals surface area contributed by atoms with Gasteiger partial charge in [0.1, 0.15) is 22.6 Å². The Morgan fingerprint density at radius 2 is 1.60 bits per heavy atom. The summed E-state index contributed by atoms with van der Waals surface area (Å²) < 4.78 is 85.5. The molecule has 1 aliphatic carbocycles.